The minimum atomic E-state index is -1.01. The molecule has 3 heteroatoms. The van der Waals surface area contributed by atoms with Crippen molar-refractivity contribution in [2.45, 2.75) is 33.1 Å². The van der Waals surface area contributed by atoms with Gasteiger partial charge in [0.25, 0.3) is 0 Å². The molecule has 0 amide bonds. The SMILES string of the molecule is CC(=O)c1cc(C(=O)O)cc(C(C)(C)C)c1. The molecule has 0 heterocycles. The molecule has 86 valence electrons. The van der Waals surface area contributed by atoms with Crippen molar-refractivity contribution in [1.82, 2.24) is 0 Å². The van der Waals surface area contributed by atoms with Crippen LogP contribution in [0.5, 0.6) is 0 Å². The van der Waals surface area contributed by atoms with E-state index < -0.39 is 5.97 Å². The molecule has 0 aliphatic rings. The summed E-state index contributed by atoms with van der Waals surface area (Å²) in [5.74, 6) is -1.12. The van der Waals surface area contributed by atoms with Gasteiger partial charge in [0.15, 0.2) is 5.78 Å². The van der Waals surface area contributed by atoms with Crippen LogP contribution in [0.2, 0.25) is 0 Å². The van der Waals surface area contributed by atoms with E-state index in [1.54, 1.807) is 12.1 Å². The van der Waals surface area contributed by atoms with Gasteiger partial charge in [-0.25, -0.2) is 4.79 Å². The lowest BCUT2D eigenvalue weighted by Gasteiger charge is -2.20. The summed E-state index contributed by atoms with van der Waals surface area (Å²) in [6, 6.07) is 4.80. The Morgan fingerprint density at radius 2 is 1.56 bits per heavy atom. The first-order valence-corrected chi connectivity index (χ1v) is 5.11. The molecule has 16 heavy (non-hydrogen) atoms. The normalized spacial score (nSPS) is 11.2. The van der Waals surface area contributed by atoms with Gasteiger partial charge in [-0.15, -0.1) is 0 Å². The van der Waals surface area contributed by atoms with Crippen molar-refractivity contribution in [3.05, 3.63) is 34.9 Å². The van der Waals surface area contributed by atoms with E-state index in [1.807, 2.05) is 20.8 Å². The topological polar surface area (TPSA) is 54.4 Å². The molecule has 0 aliphatic heterocycles. The Morgan fingerprint density at radius 3 is 1.94 bits per heavy atom. The predicted molar refractivity (Wildman–Crippen MR) is 62.1 cm³/mol. The molecular formula is C13H16O3. The first-order chi connectivity index (χ1) is 7.21. The summed E-state index contributed by atoms with van der Waals surface area (Å²) in [6.07, 6.45) is 0. The number of hydrogen-bond acceptors (Lipinski definition) is 2. The Balaban J connectivity index is 3.42. The van der Waals surface area contributed by atoms with Gasteiger partial charge in [0.05, 0.1) is 5.56 Å². The van der Waals surface area contributed by atoms with E-state index in [4.69, 9.17) is 5.11 Å². The molecule has 3 nitrogen and oxygen atoms in total. The number of hydrogen-bond donors (Lipinski definition) is 1. The Kier molecular flexibility index (Phi) is 3.17. The highest BCUT2D eigenvalue weighted by molar-refractivity contribution is 5.97. The van der Waals surface area contributed by atoms with E-state index in [-0.39, 0.29) is 16.8 Å². The largest absolute Gasteiger partial charge is 0.478 e. The lowest BCUT2D eigenvalue weighted by molar-refractivity contribution is 0.0696. The van der Waals surface area contributed by atoms with E-state index in [0.717, 1.165) is 5.56 Å². The van der Waals surface area contributed by atoms with Gasteiger partial charge in [-0.05, 0) is 36.1 Å². The second kappa shape index (κ2) is 4.08. The number of aromatic carboxylic acids is 1. The molecule has 1 aromatic rings. The van der Waals surface area contributed by atoms with Crippen LogP contribution in [0.3, 0.4) is 0 Å². The number of Topliss-reactive ketones (excluding diaryl/α,β-unsaturated/α-hetero) is 1. The summed E-state index contributed by atoms with van der Waals surface area (Å²) >= 11 is 0. The van der Waals surface area contributed by atoms with Gasteiger partial charge >= 0.3 is 5.97 Å². The van der Waals surface area contributed by atoms with Crippen LogP contribution in [0.15, 0.2) is 18.2 Å². The molecule has 0 saturated heterocycles. The molecule has 0 aromatic heterocycles. The van der Waals surface area contributed by atoms with Crippen molar-refractivity contribution in [2.75, 3.05) is 0 Å². The zero-order valence-corrected chi connectivity index (χ0v) is 10.00. The summed E-state index contributed by atoms with van der Waals surface area (Å²) in [5.41, 5.74) is 1.30. The van der Waals surface area contributed by atoms with E-state index in [2.05, 4.69) is 0 Å². The average Bonchev–Trinajstić information content (AvgIpc) is 2.15. The van der Waals surface area contributed by atoms with Gasteiger partial charge in [-0.2, -0.15) is 0 Å². The number of carboxylic acids is 1. The van der Waals surface area contributed by atoms with Gasteiger partial charge in [-0.1, -0.05) is 20.8 Å². The standard InChI is InChI=1S/C13H16O3/c1-8(14)9-5-10(12(15)16)7-11(6-9)13(2,3)4/h5-7H,1-4H3,(H,15,16). The van der Waals surface area contributed by atoms with Crippen LogP contribution in [0.25, 0.3) is 0 Å². The number of carbonyl (C=O) groups excluding carboxylic acids is 1. The van der Waals surface area contributed by atoms with Crippen LogP contribution in [-0.4, -0.2) is 16.9 Å². The molecule has 0 saturated carbocycles. The van der Waals surface area contributed by atoms with Crippen molar-refractivity contribution in [3.8, 4) is 0 Å². The fraction of sp³-hybridized carbons (Fsp3) is 0.385. The summed E-state index contributed by atoms with van der Waals surface area (Å²) in [7, 11) is 0. The van der Waals surface area contributed by atoms with E-state index in [9.17, 15) is 9.59 Å². The van der Waals surface area contributed by atoms with Crippen LogP contribution in [-0.2, 0) is 5.41 Å². The van der Waals surface area contributed by atoms with Crippen LogP contribution < -0.4 is 0 Å². The highest BCUT2D eigenvalue weighted by Gasteiger charge is 2.18. The van der Waals surface area contributed by atoms with Gasteiger partial charge < -0.3 is 5.11 Å². The molecule has 0 fully saturated rings. The summed E-state index contributed by atoms with van der Waals surface area (Å²) in [5, 5.41) is 8.97. The Labute approximate surface area is 95.1 Å². The third-order valence-electron chi connectivity index (χ3n) is 2.45. The Bertz CT molecular complexity index is 407. The van der Waals surface area contributed by atoms with Crippen molar-refractivity contribution >= 4 is 11.8 Å². The van der Waals surface area contributed by atoms with Crippen LogP contribution in [0.1, 0.15) is 54.0 Å². The monoisotopic (exact) mass is 220 g/mol. The lowest BCUT2D eigenvalue weighted by atomic mass is 9.84. The number of rotatable bonds is 2. The third kappa shape index (κ3) is 2.69. The molecule has 0 bridgehead atoms. The van der Waals surface area contributed by atoms with Crippen LogP contribution in [0, 0.1) is 0 Å². The fourth-order valence-corrected chi connectivity index (χ4v) is 1.39. The van der Waals surface area contributed by atoms with Gasteiger partial charge in [-0.3, -0.25) is 4.79 Å². The van der Waals surface area contributed by atoms with Crippen molar-refractivity contribution < 1.29 is 14.7 Å². The zero-order chi connectivity index (χ0) is 12.5. The number of ketones is 1. The third-order valence-corrected chi connectivity index (χ3v) is 2.45. The van der Waals surface area contributed by atoms with Gasteiger partial charge in [0, 0.05) is 5.56 Å². The lowest BCUT2D eigenvalue weighted by Crippen LogP contribution is -2.14. The minimum absolute atomic E-state index is 0.117. The summed E-state index contributed by atoms with van der Waals surface area (Å²) < 4.78 is 0. The molecular weight excluding hydrogens is 204 g/mol. The molecule has 0 aliphatic carbocycles. The maximum atomic E-state index is 11.3. The zero-order valence-electron chi connectivity index (χ0n) is 10.00. The number of carboxylic acid groups (broad SMARTS) is 1. The highest BCUT2D eigenvalue weighted by atomic mass is 16.4. The number of benzene rings is 1. The maximum Gasteiger partial charge on any atom is 0.335 e. The molecule has 0 spiro atoms. The molecule has 0 radical (unpaired) electrons. The molecule has 1 rings (SSSR count). The fourth-order valence-electron chi connectivity index (χ4n) is 1.39. The van der Waals surface area contributed by atoms with E-state index >= 15 is 0 Å². The van der Waals surface area contributed by atoms with Crippen molar-refractivity contribution in [3.63, 3.8) is 0 Å². The highest BCUT2D eigenvalue weighted by Crippen LogP contribution is 2.24. The molecule has 1 N–H and O–H groups in total. The Morgan fingerprint density at radius 1 is 1.06 bits per heavy atom. The van der Waals surface area contributed by atoms with Gasteiger partial charge in [0.2, 0.25) is 0 Å². The summed E-state index contributed by atoms with van der Waals surface area (Å²) in [4.78, 5) is 22.3. The van der Waals surface area contributed by atoms with Crippen molar-refractivity contribution in [1.29, 1.82) is 0 Å². The second-order valence-electron chi connectivity index (χ2n) is 4.91. The minimum Gasteiger partial charge on any atom is -0.478 e. The van der Waals surface area contributed by atoms with E-state index in [0.29, 0.717) is 5.56 Å². The first-order valence-electron chi connectivity index (χ1n) is 5.11. The maximum absolute atomic E-state index is 11.3. The first kappa shape index (κ1) is 12.4. The molecule has 1 aromatic carbocycles. The second-order valence-corrected chi connectivity index (χ2v) is 4.91. The predicted octanol–water partition coefficient (Wildman–Crippen LogP) is 2.88. The average molecular weight is 220 g/mol. The quantitative estimate of drug-likeness (QED) is 0.780. The van der Waals surface area contributed by atoms with Crippen molar-refractivity contribution in [2.24, 2.45) is 0 Å². The smallest absolute Gasteiger partial charge is 0.335 e. The number of carbonyl (C=O) groups is 2. The molecule has 0 unspecified atom stereocenters. The Hall–Kier alpha value is -1.64. The summed E-state index contributed by atoms with van der Waals surface area (Å²) in [6.45, 7) is 7.39. The molecule has 0 atom stereocenters. The van der Waals surface area contributed by atoms with Crippen LogP contribution in [0.4, 0.5) is 0 Å². The van der Waals surface area contributed by atoms with E-state index in [1.165, 1.54) is 13.0 Å². The van der Waals surface area contributed by atoms with Crippen LogP contribution >= 0.6 is 0 Å². The van der Waals surface area contributed by atoms with Gasteiger partial charge in [0.1, 0.15) is 0 Å².